The van der Waals surface area contributed by atoms with Gasteiger partial charge in [0, 0.05) is 24.8 Å². The van der Waals surface area contributed by atoms with Gasteiger partial charge in [-0.2, -0.15) is 0 Å². The predicted octanol–water partition coefficient (Wildman–Crippen LogP) is 2.82. The lowest BCUT2D eigenvalue weighted by molar-refractivity contribution is 0.141. The summed E-state index contributed by atoms with van der Waals surface area (Å²) in [6, 6.07) is 7.30. The molecule has 1 aromatic carbocycles. The van der Waals surface area contributed by atoms with E-state index in [4.69, 9.17) is 0 Å². The van der Waals surface area contributed by atoms with Gasteiger partial charge in [-0.1, -0.05) is 6.42 Å². The first-order valence-electron chi connectivity index (χ1n) is 8.25. The first-order chi connectivity index (χ1) is 10.4. The fourth-order valence-corrected chi connectivity index (χ4v) is 3.84. The second-order valence-corrected chi connectivity index (χ2v) is 6.36. The Morgan fingerprint density at radius 3 is 2.67 bits per heavy atom. The number of imidazole rings is 1. The molecule has 3 heterocycles. The van der Waals surface area contributed by atoms with Crippen LogP contribution < -0.4 is 4.90 Å². The molecule has 0 unspecified atom stereocenters. The maximum absolute atomic E-state index is 4.17. The minimum absolute atomic E-state index is 0.811. The number of benzene rings is 1. The summed E-state index contributed by atoms with van der Waals surface area (Å²) in [7, 11) is 0. The second-order valence-electron chi connectivity index (χ2n) is 6.36. The van der Waals surface area contributed by atoms with Gasteiger partial charge in [-0.3, -0.25) is 0 Å². The van der Waals surface area contributed by atoms with Crippen LogP contribution >= 0.6 is 0 Å². The lowest BCUT2D eigenvalue weighted by Gasteiger charge is -2.41. The molecule has 4 heteroatoms. The van der Waals surface area contributed by atoms with E-state index in [1.807, 2.05) is 0 Å². The number of likely N-dealkylation sites (tertiary alicyclic amines) is 1. The summed E-state index contributed by atoms with van der Waals surface area (Å²) in [5.74, 6) is 0. The molecule has 2 aliphatic heterocycles. The van der Waals surface area contributed by atoms with Crippen molar-refractivity contribution in [3.05, 3.63) is 24.5 Å². The molecule has 4 nitrogen and oxygen atoms in total. The van der Waals surface area contributed by atoms with Gasteiger partial charge in [0.05, 0.1) is 11.0 Å². The highest BCUT2D eigenvalue weighted by Crippen LogP contribution is 2.26. The second kappa shape index (κ2) is 5.68. The Kier molecular flexibility index (Phi) is 3.55. The zero-order chi connectivity index (χ0) is 14.1. The fourth-order valence-electron chi connectivity index (χ4n) is 3.84. The maximum atomic E-state index is 4.17. The highest BCUT2D eigenvalue weighted by molar-refractivity contribution is 5.78. The van der Waals surface area contributed by atoms with Crippen molar-refractivity contribution in [2.24, 2.45) is 0 Å². The molecule has 1 aromatic heterocycles. The number of nitrogens with one attached hydrogen (secondary N) is 1. The Bertz CT molecular complexity index is 592. The molecule has 0 spiro atoms. The molecule has 2 fully saturated rings. The lowest BCUT2D eigenvalue weighted by atomic mass is 9.99. The van der Waals surface area contributed by atoms with Crippen LogP contribution in [-0.4, -0.2) is 47.1 Å². The SMILES string of the molecule is [c]1nc2ccc(N3CCC(N4CCCCC4)CC3)cc2[nH]1. The number of aromatic nitrogens is 2. The molecule has 4 rings (SSSR count). The van der Waals surface area contributed by atoms with Gasteiger partial charge in [0.25, 0.3) is 0 Å². The molecule has 1 radical (unpaired) electrons. The summed E-state index contributed by atoms with van der Waals surface area (Å²) in [5, 5.41) is 0. The van der Waals surface area contributed by atoms with Crippen molar-refractivity contribution in [3.63, 3.8) is 0 Å². The lowest BCUT2D eigenvalue weighted by Crippen LogP contribution is -2.46. The van der Waals surface area contributed by atoms with Crippen molar-refractivity contribution in [2.45, 2.75) is 38.1 Å². The summed E-state index contributed by atoms with van der Waals surface area (Å²) < 4.78 is 0. The standard InChI is InChI=1S/C17H23N4/c1-2-8-20(9-3-1)14-6-10-21(11-7-14)15-4-5-16-17(12-15)19-13-18-16/h4-5,12,14H,1-3,6-11H2,(H,18,19). The molecule has 2 saturated heterocycles. The quantitative estimate of drug-likeness (QED) is 0.920. The van der Waals surface area contributed by atoms with E-state index in [1.165, 1.54) is 64.0 Å². The van der Waals surface area contributed by atoms with Crippen LogP contribution in [0.15, 0.2) is 18.2 Å². The van der Waals surface area contributed by atoms with Gasteiger partial charge in [-0.15, -0.1) is 0 Å². The van der Waals surface area contributed by atoms with Crippen LogP contribution in [0.4, 0.5) is 5.69 Å². The molecule has 1 N–H and O–H groups in total. The number of nitrogens with zero attached hydrogens (tertiary/aromatic N) is 3. The third-order valence-electron chi connectivity index (χ3n) is 5.08. The molecule has 21 heavy (non-hydrogen) atoms. The van der Waals surface area contributed by atoms with E-state index in [0.717, 1.165) is 17.1 Å². The Balaban J connectivity index is 1.42. The molecule has 0 aliphatic carbocycles. The number of anilines is 1. The van der Waals surface area contributed by atoms with Gasteiger partial charge in [-0.05, 0) is 57.0 Å². The largest absolute Gasteiger partial charge is 0.371 e. The average molecular weight is 283 g/mol. The van der Waals surface area contributed by atoms with E-state index in [0.29, 0.717) is 0 Å². The Hall–Kier alpha value is -1.55. The van der Waals surface area contributed by atoms with E-state index in [9.17, 15) is 0 Å². The average Bonchev–Trinajstić information content (AvgIpc) is 3.03. The van der Waals surface area contributed by atoms with Crippen molar-refractivity contribution in [3.8, 4) is 0 Å². The van der Waals surface area contributed by atoms with Crippen LogP contribution in [0.2, 0.25) is 0 Å². The van der Waals surface area contributed by atoms with E-state index in [2.05, 4.69) is 44.3 Å². The van der Waals surface area contributed by atoms with Crippen molar-refractivity contribution in [1.29, 1.82) is 0 Å². The maximum Gasteiger partial charge on any atom is 0.174 e. The zero-order valence-corrected chi connectivity index (χ0v) is 12.5. The van der Waals surface area contributed by atoms with Crippen molar-refractivity contribution >= 4 is 16.7 Å². The topological polar surface area (TPSA) is 35.2 Å². The molecule has 2 aliphatic rings. The highest BCUT2D eigenvalue weighted by Gasteiger charge is 2.25. The van der Waals surface area contributed by atoms with Gasteiger partial charge in [0.2, 0.25) is 0 Å². The summed E-state index contributed by atoms with van der Waals surface area (Å²) >= 11 is 0. The molecule has 0 amide bonds. The predicted molar refractivity (Wildman–Crippen MR) is 85.6 cm³/mol. The van der Waals surface area contributed by atoms with E-state index in [1.54, 1.807) is 0 Å². The number of aromatic amines is 1. The molecular formula is C17H23N4. The minimum Gasteiger partial charge on any atom is -0.371 e. The number of fused-ring (bicyclic) bond motifs is 1. The smallest absolute Gasteiger partial charge is 0.174 e. The van der Waals surface area contributed by atoms with Crippen LogP contribution in [0.1, 0.15) is 32.1 Å². The third-order valence-corrected chi connectivity index (χ3v) is 5.08. The summed E-state index contributed by atoms with van der Waals surface area (Å²) in [5.41, 5.74) is 3.41. The molecule has 0 atom stereocenters. The number of H-pyrrole nitrogens is 1. The molecule has 2 aromatic rings. The first kappa shape index (κ1) is 13.1. The highest BCUT2D eigenvalue weighted by atomic mass is 15.2. The van der Waals surface area contributed by atoms with Gasteiger partial charge in [0.1, 0.15) is 0 Å². The first-order valence-corrected chi connectivity index (χ1v) is 8.25. The summed E-state index contributed by atoms with van der Waals surface area (Å²) in [6.07, 6.45) is 9.63. The summed E-state index contributed by atoms with van der Waals surface area (Å²) in [6.45, 7) is 4.98. The molecule has 0 bridgehead atoms. The monoisotopic (exact) mass is 283 g/mol. The van der Waals surface area contributed by atoms with Gasteiger partial charge < -0.3 is 14.8 Å². The van der Waals surface area contributed by atoms with Crippen molar-refractivity contribution in [1.82, 2.24) is 14.9 Å². The van der Waals surface area contributed by atoms with E-state index >= 15 is 0 Å². The summed E-state index contributed by atoms with van der Waals surface area (Å²) in [4.78, 5) is 12.5. The number of piperidine rings is 2. The zero-order valence-electron chi connectivity index (χ0n) is 12.5. The Morgan fingerprint density at radius 1 is 1.05 bits per heavy atom. The Labute approximate surface area is 126 Å². The van der Waals surface area contributed by atoms with Gasteiger partial charge >= 0.3 is 0 Å². The van der Waals surface area contributed by atoms with E-state index in [-0.39, 0.29) is 0 Å². The molecular weight excluding hydrogens is 260 g/mol. The number of hydrogen-bond acceptors (Lipinski definition) is 3. The van der Waals surface area contributed by atoms with E-state index < -0.39 is 0 Å². The number of hydrogen-bond donors (Lipinski definition) is 1. The third kappa shape index (κ3) is 2.64. The van der Waals surface area contributed by atoms with Crippen LogP contribution in [0.3, 0.4) is 0 Å². The molecule has 0 saturated carbocycles. The van der Waals surface area contributed by atoms with Crippen molar-refractivity contribution in [2.75, 3.05) is 31.1 Å². The van der Waals surface area contributed by atoms with Crippen LogP contribution in [0, 0.1) is 6.33 Å². The van der Waals surface area contributed by atoms with Gasteiger partial charge in [0.15, 0.2) is 6.33 Å². The normalized spacial score (nSPS) is 22.0. The number of rotatable bonds is 2. The molecule has 111 valence electrons. The van der Waals surface area contributed by atoms with Crippen LogP contribution in [0.5, 0.6) is 0 Å². The van der Waals surface area contributed by atoms with Crippen molar-refractivity contribution < 1.29 is 0 Å². The Morgan fingerprint density at radius 2 is 1.86 bits per heavy atom. The minimum atomic E-state index is 0.811. The van der Waals surface area contributed by atoms with Crippen LogP contribution in [0.25, 0.3) is 11.0 Å². The fraction of sp³-hybridized carbons (Fsp3) is 0.588. The van der Waals surface area contributed by atoms with Crippen LogP contribution in [-0.2, 0) is 0 Å². The van der Waals surface area contributed by atoms with Gasteiger partial charge in [-0.25, -0.2) is 4.98 Å².